The summed E-state index contributed by atoms with van der Waals surface area (Å²) in [5.74, 6) is -0.859. The van der Waals surface area contributed by atoms with E-state index in [-0.39, 0.29) is 6.03 Å². The zero-order chi connectivity index (χ0) is 14.8. The Morgan fingerprint density at radius 3 is 2.19 bits per heavy atom. The molecule has 2 amide bonds. The maximum absolute atomic E-state index is 12.7. The Kier molecular flexibility index (Phi) is 4.33. The van der Waals surface area contributed by atoms with Crippen LogP contribution in [0.1, 0.15) is 38.5 Å². The first-order chi connectivity index (χ1) is 10.2. The largest absolute Gasteiger partial charge is 0.480 e. The van der Waals surface area contributed by atoms with E-state index in [0.717, 1.165) is 51.5 Å². The number of likely N-dealkylation sites (tertiary alicyclic amines) is 1. The number of nitrogens with zero attached hydrogens (tertiary/aromatic N) is 3. The standard InChI is InChI=1S/C15H25N3O3/c19-14(20)13-4-2-1-3-7-18(13)15(21)17-10-8-16(9-11-17)12-5-6-12/h12-13H,1-11H2,(H,19,20). The first-order valence-electron chi connectivity index (χ1n) is 8.19. The van der Waals surface area contributed by atoms with Gasteiger partial charge in [-0.3, -0.25) is 4.90 Å². The lowest BCUT2D eigenvalue weighted by atomic mass is 10.1. The summed E-state index contributed by atoms with van der Waals surface area (Å²) in [6.45, 7) is 3.92. The first-order valence-corrected chi connectivity index (χ1v) is 8.19. The second kappa shape index (κ2) is 6.22. The van der Waals surface area contributed by atoms with Crippen molar-refractivity contribution in [2.45, 2.75) is 50.6 Å². The number of carboxylic acid groups (broad SMARTS) is 1. The minimum atomic E-state index is -0.859. The molecule has 0 bridgehead atoms. The van der Waals surface area contributed by atoms with Crippen LogP contribution in [0.15, 0.2) is 0 Å². The van der Waals surface area contributed by atoms with Gasteiger partial charge in [-0.05, 0) is 25.7 Å². The molecular weight excluding hydrogens is 270 g/mol. The number of carbonyl (C=O) groups excluding carboxylic acids is 1. The van der Waals surface area contributed by atoms with Crippen LogP contribution in [0.3, 0.4) is 0 Å². The number of amides is 2. The fourth-order valence-electron chi connectivity index (χ4n) is 3.49. The van der Waals surface area contributed by atoms with Crippen LogP contribution < -0.4 is 0 Å². The summed E-state index contributed by atoms with van der Waals surface area (Å²) >= 11 is 0. The third-order valence-electron chi connectivity index (χ3n) is 4.93. The van der Waals surface area contributed by atoms with Gasteiger partial charge in [0.1, 0.15) is 6.04 Å². The number of carboxylic acids is 1. The van der Waals surface area contributed by atoms with Gasteiger partial charge in [-0.25, -0.2) is 9.59 Å². The molecule has 2 saturated heterocycles. The van der Waals surface area contributed by atoms with Gasteiger partial charge in [0.2, 0.25) is 0 Å². The molecule has 1 atom stereocenters. The summed E-state index contributed by atoms with van der Waals surface area (Å²) in [5.41, 5.74) is 0. The van der Waals surface area contributed by atoms with Crippen molar-refractivity contribution in [3.8, 4) is 0 Å². The minimum absolute atomic E-state index is 0.0697. The van der Waals surface area contributed by atoms with Crippen LogP contribution in [-0.2, 0) is 4.79 Å². The number of aliphatic carboxylic acids is 1. The van der Waals surface area contributed by atoms with Gasteiger partial charge in [0.05, 0.1) is 0 Å². The molecule has 1 N–H and O–H groups in total. The van der Waals surface area contributed by atoms with E-state index in [1.807, 2.05) is 4.90 Å². The number of urea groups is 1. The highest BCUT2D eigenvalue weighted by molar-refractivity contribution is 5.82. The second-order valence-electron chi connectivity index (χ2n) is 6.43. The molecule has 0 spiro atoms. The summed E-state index contributed by atoms with van der Waals surface area (Å²) in [4.78, 5) is 30.0. The molecule has 3 rings (SSSR count). The van der Waals surface area contributed by atoms with Crippen molar-refractivity contribution in [3.63, 3.8) is 0 Å². The average molecular weight is 295 g/mol. The van der Waals surface area contributed by atoms with Gasteiger partial charge in [-0.15, -0.1) is 0 Å². The molecule has 6 heteroatoms. The Morgan fingerprint density at radius 1 is 0.857 bits per heavy atom. The highest BCUT2D eigenvalue weighted by Crippen LogP contribution is 2.28. The molecule has 1 saturated carbocycles. The molecule has 1 aliphatic carbocycles. The monoisotopic (exact) mass is 295 g/mol. The minimum Gasteiger partial charge on any atom is -0.480 e. The van der Waals surface area contributed by atoms with Crippen LogP contribution in [0, 0.1) is 0 Å². The van der Waals surface area contributed by atoms with Gasteiger partial charge < -0.3 is 14.9 Å². The number of rotatable bonds is 2. The van der Waals surface area contributed by atoms with E-state index in [1.165, 1.54) is 12.8 Å². The lowest BCUT2D eigenvalue weighted by Gasteiger charge is -2.38. The van der Waals surface area contributed by atoms with E-state index >= 15 is 0 Å². The maximum atomic E-state index is 12.7. The van der Waals surface area contributed by atoms with Crippen LogP contribution in [0.5, 0.6) is 0 Å². The number of carbonyl (C=O) groups is 2. The second-order valence-corrected chi connectivity index (χ2v) is 6.43. The molecule has 21 heavy (non-hydrogen) atoms. The number of piperazine rings is 1. The predicted molar refractivity (Wildman–Crippen MR) is 78.2 cm³/mol. The smallest absolute Gasteiger partial charge is 0.326 e. The quantitative estimate of drug-likeness (QED) is 0.832. The van der Waals surface area contributed by atoms with E-state index < -0.39 is 12.0 Å². The summed E-state index contributed by atoms with van der Waals surface area (Å²) in [6.07, 6.45) is 6.00. The first kappa shape index (κ1) is 14.6. The molecule has 0 aromatic carbocycles. The molecule has 2 aliphatic heterocycles. The van der Waals surface area contributed by atoms with Crippen LogP contribution in [0.2, 0.25) is 0 Å². The van der Waals surface area contributed by atoms with Crippen molar-refractivity contribution in [2.24, 2.45) is 0 Å². The Balaban J connectivity index is 1.60. The summed E-state index contributed by atoms with van der Waals surface area (Å²) in [7, 11) is 0. The van der Waals surface area contributed by atoms with Crippen molar-refractivity contribution in [1.82, 2.24) is 14.7 Å². The molecular formula is C15H25N3O3. The number of hydrogen-bond acceptors (Lipinski definition) is 3. The van der Waals surface area contributed by atoms with E-state index in [2.05, 4.69) is 4.90 Å². The molecule has 3 fully saturated rings. The zero-order valence-corrected chi connectivity index (χ0v) is 12.5. The molecule has 0 radical (unpaired) electrons. The highest BCUT2D eigenvalue weighted by atomic mass is 16.4. The third-order valence-corrected chi connectivity index (χ3v) is 4.93. The normalized spacial score (nSPS) is 28.3. The van der Waals surface area contributed by atoms with Gasteiger partial charge in [0, 0.05) is 38.8 Å². The lowest BCUT2D eigenvalue weighted by molar-refractivity contribution is -0.142. The fraction of sp³-hybridized carbons (Fsp3) is 0.867. The average Bonchev–Trinajstić information content (AvgIpc) is 3.32. The van der Waals surface area contributed by atoms with Crippen molar-refractivity contribution >= 4 is 12.0 Å². The topological polar surface area (TPSA) is 64.1 Å². The molecule has 3 aliphatic rings. The molecule has 118 valence electrons. The fourth-order valence-corrected chi connectivity index (χ4v) is 3.49. The van der Waals surface area contributed by atoms with E-state index in [9.17, 15) is 14.7 Å². The SMILES string of the molecule is O=C(O)C1CCCCCN1C(=O)N1CCN(C2CC2)CC1. The lowest BCUT2D eigenvalue weighted by Crippen LogP contribution is -2.56. The Morgan fingerprint density at radius 2 is 1.57 bits per heavy atom. The van der Waals surface area contributed by atoms with Gasteiger partial charge in [0.15, 0.2) is 0 Å². The predicted octanol–water partition coefficient (Wildman–Crippen LogP) is 1.22. The highest BCUT2D eigenvalue weighted by Gasteiger charge is 2.36. The van der Waals surface area contributed by atoms with Gasteiger partial charge >= 0.3 is 12.0 Å². The van der Waals surface area contributed by atoms with Crippen LogP contribution in [-0.4, -0.2) is 76.6 Å². The zero-order valence-electron chi connectivity index (χ0n) is 12.5. The number of hydrogen-bond donors (Lipinski definition) is 1. The summed E-state index contributed by atoms with van der Waals surface area (Å²) < 4.78 is 0. The van der Waals surface area contributed by atoms with E-state index in [0.29, 0.717) is 13.0 Å². The van der Waals surface area contributed by atoms with Crippen molar-refractivity contribution < 1.29 is 14.7 Å². The van der Waals surface area contributed by atoms with Crippen molar-refractivity contribution in [3.05, 3.63) is 0 Å². The Hall–Kier alpha value is -1.30. The maximum Gasteiger partial charge on any atom is 0.326 e. The van der Waals surface area contributed by atoms with Gasteiger partial charge in [0.25, 0.3) is 0 Å². The van der Waals surface area contributed by atoms with Gasteiger partial charge in [-0.1, -0.05) is 12.8 Å². The van der Waals surface area contributed by atoms with Crippen LogP contribution >= 0.6 is 0 Å². The summed E-state index contributed by atoms with van der Waals surface area (Å²) in [5, 5.41) is 9.38. The summed E-state index contributed by atoms with van der Waals surface area (Å²) in [6, 6.07) is 0.0356. The third kappa shape index (κ3) is 3.31. The molecule has 0 aromatic heterocycles. The van der Waals surface area contributed by atoms with Crippen LogP contribution in [0.25, 0.3) is 0 Å². The van der Waals surface area contributed by atoms with Gasteiger partial charge in [-0.2, -0.15) is 0 Å². The molecule has 6 nitrogen and oxygen atoms in total. The Bertz CT molecular complexity index is 403. The Labute approximate surface area is 125 Å². The van der Waals surface area contributed by atoms with Crippen molar-refractivity contribution in [1.29, 1.82) is 0 Å². The molecule has 1 unspecified atom stereocenters. The van der Waals surface area contributed by atoms with E-state index in [4.69, 9.17) is 0 Å². The molecule has 0 aromatic rings. The van der Waals surface area contributed by atoms with Crippen LogP contribution in [0.4, 0.5) is 4.79 Å². The molecule has 2 heterocycles. The van der Waals surface area contributed by atoms with E-state index in [1.54, 1.807) is 4.90 Å². The van der Waals surface area contributed by atoms with Crippen molar-refractivity contribution in [2.75, 3.05) is 32.7 Å².